The highest BCUT2D eigenvalue weighted by Gasteiger charge is 2.51. The molecule has 2 aromatic rings. The number of rotatable bonds is 3. The second-order valence-electron chi connectivity index (χ2n) is 4.87. The van der Waals surface area contributed by atoms with Gasteiger partial charge in [0.1, 0.15) is 0 Å². The van der Waals surface area contributed by atoms with Gasteiger partial charge in [-0.25, -0.2) is 0 Å². The summed E-state index contributed by atoms with van der Waals surface area (Å²) in [4.78, 5) is 1.03. The van der Waals surface area contributed by atoms with Crippen LogP contribution in [0.3, 0.4) is 0 Å². The minimum atomic E-state index is 0.242. The number of hydrogen-bond donors (Lipinski definition) is 2. The summed E-state index contributed by atoms with van der Waals surface area (Å²) in [7, 11) is 0. The lowest BCUT2D eigenvalue weighted by molar-refractivity contribution is 0.271. The van der Waals surface area contributed by atoms with E-state index in [2.05, 4.69) is 43.0 Å². The molecule has 3 atom stereocenters. The van der Waals surface area contributed by atoms with Gasteiger partial charge in [0.2, 0.25) is 0 Å². The van der Waals surface area contributed by atoms with Gasteiger partial charge in [-0.2, -0.15) is 0 Å². The molecule has 3 rings (SSSR count). The highest BCUT2D eigenvalue weighted by molar-refractivity contribution is 7.80. The molecule has 0 radical (unpaired) electrons. The van der Waals surface area contributed by atoms with Gasteiger partial charge in [0.05, 0.1) is 0 Å². The van der Waals surface area contributed by atoms with Gasteiger partial charge in [0.25, 0.3) is 0 Å². The van der Waals surface area contributed by atoms with Crippen LogP contribution >= 0.6 is 12.6 Å². The minimum Gasteiger partial charge on any atom is -0.396 e. The molecule has 0 spiro atoms. The lowest BCUT2D eigenvalue weighted by Gasteiger charge is -2.04. The Morgan fingerprint density at radius 3 is 2.22 bits per heavy atom. The molecule has 0 heterocycles. The van der Waals surface area contributed by atoms with Crippen LogP contribution in [0.1, 0.15) is 23.0 Å². The Morgan fingerprint density at radius 2 is 1.56 bits per heavy atom. The van der Waals surface area contributed by atoms with Crippen LogP contribution in [0.15, 0.2) is 59.5 Å². The highest BCUT2D eigenvalue weighted by atomic mass is 32.1. The van der Waals surface area contributed by atoms with Crippen molar-refractivity contribution < 1.29 is 5.11 Å². The molecule has 1 N–H and O–H groups in total. The fourth-order valence-corrected chi connectivity index (χ4v) is 3.23. The maximum absolute atomic E-state index is 9.54. The zero-order valence-electron chi connectivity index (χ0n) is 10.0. The third-order valence-electron chi connectivity index (χ3n) is 3.86. The molecule has 18 heavy (non-hydrogen) atoms. The summed E-state index contributed by atoms with van der Waals surface area (Å²) in [5, 5.41) is 9.54. The summed E-state index contributed by atoms with van der Waals surface area (Å²) < 4.78 is 0. The third kappa shape index (κ3) is 1.96. The monoisotopic (exact) mass is 256 g/mol. The van der Waals surface area contributed by atoms with Crippen LogP contribution in [0.5, 0.6) is 0 Å². The van der Waals surface area contributed by atoms with E-state index in [0.717, 1.165) is 4.90 Å². The molecular formula is C16H16OS. The van der Waals surface area contributed by atoms with Gasteiger partial charge >= 0.3 is 0 Å². The Bertz CT molecular complexity index is 538. The Hall–Kier alpha value is -1.25. The molecule has 0 amide bonds. The zero-order valence-corrected chi connectivity index (χ0v) is 10.9. The molecular weight excluding hydrogens is 240 g/mol. The first kappa shape index (κ1) is 11.8. The van der Waals surface area contributed by atoms with Gasteiger partial charge in [-0.1, -0.05) is 48.5 Å². The van der Waals surface area contributed by atoms with Crippen molar-refractivity contribution >= 4 is 12.6 Å². The lowest BCUT2D eigenvalue weighted by Crippen LogP contribution is -1.89. The first-order valence-corrected chi connectivity index (χ1v) is 6.71. The number of hydrogen-bond acceptors (Lipinski definition) is 2. The van der Waals surface area contributed by atoms with Gasteiger partial charge in [-0.3, -0.25) is 0 Å². The fourth-order valence-electron chi connectivity index (χ4n) is 2.92. The standard InChI is InChI=1S/C16H16OS/c17-10-13-15(11-6-2-1-3-7-11)16(13)12-8-4-5-9-14(12)18/h1-9,13,15-18H,10H2/t13?,15-,16?/m1/s1. The highest BCUT2D eigenvalue weighted by Crippen LogP contribution is 2.60. The van der Waals surface area contributed by atoms with Crippen molar-refractivity contribution in [3.05, 3.63) is 65.7 Å². The van der Waals surface area contributed by atoms with Crippen LogP contribution in [-0.4, -0.2) is 11.7 Å². The SMILES string of the molecule is OCC1C(c2ccccc2S)[C@@H]1c1ccccc1. The molecule has 0 aliphatic heterocycles. The maximum atomic E-state index is 9.54. The molecule has 1 nitrogen and oxygen atoms in total. The van der Waals surface area contributed by atoms with E-state index in [4.69, 9.17) is 0 Å². The topological polar surface area (TPSA) is 20.2 Å². The maximum Gasteiger partial charge on any atom is 0.0471 e. The lowest BCUT2D eigenvalue weighted by atomic mass is 10.0. The molecule has 2 aromatic carbocycles. The van der Waals surface area contributed by atoms with Gasteiger partial charge in [0.15, 0.2) is 0 Å². The Morgan fingerprint density at radius 1 is 0.889 bits per heavy atom. The van der Waals surface area contributed by atoms with Crippen molar-refractivity contribution in [1.29, 1.82) is 0 Å². The van der Waals surface area contributed by atoms with E-state index in [1.165, 1.54) is 11.1 Å². The number of aliphatic hydroxyl groups excluding tert-OH is 1. The summed E-state index contributed by atoms with van der Waals surface area (Å²) in [6, 6.07) is 18.6. The van der Waals surface area contributed by atoms with Crippen LogP contribution in [0.4, 0.5) is 0 Å². The molecule has 0 bridgehead atoms. The molecule has 0 aromatic heterocycles. The molecule has 1 fully saturated rings. The average molecular weight is 256 g/mol. The third-order valence-corrected chi connectivity index (χ3v) is 4.27. The molecule has 1 saturated carbocycles. The Balaban J connectivity index is 1.93. The molecule has 2 unspecified atom stereocenters. The second-order valence-corrected chi connectivity index (χ2v) is 5.35. The largest absolute Gasteiger partial charge is 0.396 e. The normalized spacial score (nSPS) is 26.0. The van der Waals surface area contributed by atoms with Crippen molar-refractivity contribution in [2.75, 3.05) is 6.61 Å². The molecule has 0 saturated heterocycles. The molecule has 1 aliphatic carbocycles. The van der Waals surface area contributed by atoms with Gasteiger partial charge in [0, 0.05) is 11.5 Å². The summed E-state index contributed by atoms with van der Waals surface area (Å²) in [6.45, 7) is 0.242. The van der Waals surface area contributed by atoms with Crippen molar-refractivity contribution in [3.8, 4) is 0 Å². The van der Waals surface area contributed by atoms with E-state index in [9.17, 15) is 5.11 Å². The van der Waals surface area contributed by atoms with Crippen LogP contribution in [0.2, 0.25) is 0 Å². The number of benzene rings is 2. The van der Waals surface area contributed by atoms with Gasteiger partial charge in [-0.05, 0) is 34.9 Å². The summed E-state index contributed by atoms with van der Waals surface area (Å²) in [5.74, 6) is 1.18. The predicted molar refractivity (Wildman–Crippen MR) is 76.2 cm³/mol. The van der Waals surface area contributed by atoms with Gasteiger partial charge < -0.3 is 5.11 Å². The van der Waals surface area contributed by atoms with E-state index in [-0.39, 0.29) is 6.61 Å². The first-order chi connectivity index (χ1) is 8.83. The molecule has 1 aliphatic rings. The first-order valence-electron chi connectivity index (χ1n) is 6.26. The zero-order chi connectivity index (χ0) is 12.5. The number of thiol groups is 1. The quantitative estimate of drug-likeness (QED) is 0.806. The summed E-state index contributed by atoms with van der Waals surface area (Å²) in [6.07, 6.45) is 0. The Labute approximate surface area is 113 Å². The van der Waals surface area contributed by atoms with Crippen LogP contribution in [0.25, 0.3) is 0 Å². The summed E-state index contributed by atoms with van der Waals surface area (Å²) >= 11 is 4.53. The van der Waals surface area contributed by atoms with Crippen LogP contribution < -0.4 is 0 Å². The van der Waals surface area contributed by atoms with Crippen molar-refractivity contribution in [1.82, 2.24) is 0 Å². The van der Waals surface area contributed by atoms with Gasteiger partial charge in [-0.15, -0.1) is 12.6 Å². The van der Waals surface area contributed by atoms with E-state index < -0.39 is 0 Å². The number of aliphatic hydroxyl groups is 1. The predicted octanol–water partition coefficient (Wildman–Crippen LogP) is 3.46. The smallest absolute Gasteiger partial charge is 0.0471 e. The van der Waals surface area contributed by atoms with Crippen molar-refractivity contribution in [2.45, 2.75) is 16.7 Å². The fraction of sp³-hybridized carbons (Fsp3) is 0.250. The van der Waals surface area contributed by atoms with Crippen molar-refractivity contribution in [2.24, 2.45) is 5.92 Å². The average Bonchev–Trinajstić information content (AvgIpc) is 3.14. The van der Waals surface area contributed by atoms with Crippen LogP contribution in [-0.2, 0) is 0 Å². The molecule has 2 heteroatoms. The minimum absolute atomic E-state index is 0.242. The summed E-state index contributed by atoms with van der Waals surface area (Å²) in [5.41, 5.74) is 2.58. The molecule has 92 valence electrons. The second kappa shape index (κ2) is 4.79. The van der Waals surface area contributed by atoms with Crippen LogP contribution in [0, 0.1) is 5.92 Å². The van der Waals surface area contributed by atoms with Crippen molar-refractivity contribution in [3.63, 3.8) is 0 Å². The van der Waals surface area contributed by atoms with E-state index >= 15 is 0 Å². The van der Waals surface area contributed by atoms with E-state index in [1.54, 1.807) is 0 Å². The van der Waals surface area contributed by atoms with E-state index in [0.29, 0.717) is 17.8 Å². The Kier molecular flexibility index (Phi) is 3.14. The van der Waals surface area contributed by atoms with E-state index in [1.807, 2.05) is 24.3 Å².